The lowest BCUT2D eigenvalue weighted by Crippen LogP contribution is -2.54. The molecule has 1 atom stereocenters. The molecule has 2 aliphatic carbocycles. The molecular weight excluding hydrogens is 317 g/mol. The monoisotopic (exact) mass is 341 g/mol. The van der Waals surface area contributed by atoms with Crippen molar-refractivity contribution in [3.63, 3.8) is 0 Å². The van der Waals surface area contributed by atoms with Gasteiger partial charge in [-0.25, -0.2) is 4.39 Å². The van der Waals surface area contributed by atoms with Crippen LogP contribution in [0, 0.1) is 5.82 Å². The zero-order chi connectivity index (χ0) is 17.8. The molecule has 2 fully saturated rings. The smallest absolute Gasteiger partial charge is 0.255 e. The number of allylic oxidation sites excluding steroid dienone is 1. The van der Waals surface area contributed by atoms with Crippen LogP contribution in [0.3, 0.4) is 0 Å². The maximum absolute atomic E-state index is 14.2. The van der Waals surface area contributed by atoms with E-state index in [2.05, 4.69) is 6.58 Å². The first-order chi connectivity index (χ1) is 11.9. The maximum Gasteiger partial charge on any atom is 0.255 e. The van der Waals surface area contributed by atoms with Crippen LogP contribution >= 0.6 is 0 Å². The highest BCUT2D eigenvalue weighted by atomic mass is 19.1. The summed E-state index contributed by atoms with van der Waals surface area (Å²) in [6.07, 6.45) is 6.12. The lowest BCUT2D eigenvalue weighted by Gasteiger charge is -2.40. The Bertz CT molecular complexity index is 778. The van der Waals surface area contributed by atoms with Crippen LogP contribution in [0.15, 0.2) is 24.3 Å². The molecule has 0 aromatic heterocycles. The Hall–Kier alpha value is -1.97. The van der Waals surface area contributed by atoms with Gasteiger partial charge >= 0.3 is 0 Å². The Labute approximate surface area is 147 Å². The molecule has 25 heavy (non-hydrogen) atoms. The second-order valence-corrected chi connectivity index (χ2v) is 8.02. The number of rotatable bonds is 2. The topological polar surface area (TPSA) is 37.4 Å². The Morgan fingerprint density at radius 2 is 1.96 bits per heavy atom. The largest absolute Gasteiger partial charge is 0.322 e. The molecule has 4 heteroatoms. The first-order valence-corrected chi connectivity index (χ1v) is 9.24. The van der Waals surface area contributed by atoms with Gasteiger partial charge in [-0.05, 0) is 61.8 Å². The summed E-state index contributed by atoms with van der Waals surface area (Å²) in [6, 6.07) is 2.96. The summed E-state index contributed by atoms with van der Waals surface area (Å²) in [5, 5.41) is 0. The van der Waals surface area contributed by atoms with E-state index < -0.39 is 5.54 Å². The SMILES string of the molecule is C=C1CCC(C)(N2Cc3c(cc(F)cc3C3CCCC3)C2=O)C(=O)C1. The summed E-state index contributed by atoms with van der Waals surface area (Å²) in [5.41, 5.74) is 2.52. The van der Waals surface area contributed by atoms with Gasteiger partial charge in [0.2, 0.25) is 0 Å². The van der Waals surface area contributed by atoms with E-state index in [1.54, 1.807) is 11.0 Å². The maximum atomic E-state index is 14.2. The molecule has 0 N–H and O–H groups in total. The molecule has 3 aliphatic rings. The van der Waals surface area contributed by atoms with Crippen LogP contribution in [0.5, 0.6) is 0 Å². The Morgan fingerprint density at radius 1 is 1.24 bits per heavy atom. The average Bonchev–Trinajstić information content (AvgIpc) is 3.20. The molecular formula is C21H24FNO2. The summed E-state index contributed by atoms with van der Waals surface area (Å²) in [6.45, 7) is 6.20. The van der Waals surface area contributed by atoms with Gasteiger partial charge in [0, 0.05) is 18.5 Å². The van der Waals surface area contributed by atoms with Gasteiger partial charge in [0.15, 0.2) is 5.78 Å². The Balaban J connectivity index is 1.72. The van der Waals surface area contributed by atoms with E-state index in [1.807, 2.05) is 6.92 Å². The number of carbonyl (C=O) groups is 2. The number of carbonyl (C=O) groups excluding carboxylic acids is 2. The number of fused-ring (bicyclic) bond motifs is 1. The van der Waals surface area contributed by atoms with Crippen molar-refractivity contribution in [1.29, 1.82) is 0 Å². The molecule has 0 radical (unpaired) electrons. The fraction of sp³-hybridized carbons (Fsp3) is 0.524. The fourth-order valence-electron chi connectivity index (χ4n) is 4.75. The number of ketones is 1. The third-order valence-corrected chi connectivity index (χ3v) is 6.41. The standard InChI is InChI=1S/C21H24FNO2/c1-13-7-8-21(2,19(24)9-13)23-12-18-16(14-5-3-4-6-14)10-15(22)11-17(18)20(23)25/h10-11,14H,1,3-9,12H2,2H3. The first kappa shape index (κ1) is 16.5. The number of halogens is 1. The molecule has 0 saturated heterocycles. The van der Waals surface area contributed by atoms with E-state index in [1.165, 1.54) is 6.07 Å². The predicted molar refractivity (Wildman–Crippen MR) is 93.9 cm³/mol. The minimum Gasteiger partial charge on any atom is -0.322 e. The van der Waals surface area contributed by atoms with Crippen molar-refractivity contribution in [2.24, 2.45) is 0 Å². The van der Waals surface area contributed by atoms with Gasteiger partial charge in [-0.3, -0.25) is 9.59 Å². The minimum atomic E-state index is -0.805. The highest BCUT2D eigenvalue weighted by Crippen LogP contribution is 2.43. The second-order valence-electron chi connectivity index (χ2n) is 8.02. The normalized spacial score (nSPS) is 27.3. The molecule has 1 heterocycles. The zero-order valence-electron chi connectivity index (χ0n) is 14.7. The van der Waals surface area contributed by atoms with Gasteiger partial charge in [0.25, 0.3) is 5.91 Å². The first-order valence-electron chi connectivity index (χ1n) is 9.24. The van der Waals surface area contributed by atoms with Crippen molar-refractivity contribution in [3.8, 4) is 0 Å². The van der Waals surface area contributed by atoms with E-state index in [9.17, 15) is 14.0 Å². The lowest BCUT2D eigenvalue weighted by molar-refractivity contribution is -0.130. The quantitative estimate of drug-likeness (QED) is 0.742. The summed E-state index contributed by atoms with van der Waals surface area (Å²) >= 11 is 0. The van der Waals surface area contributed by atoms with Crippen molar-refractivity contribution in [1.82, 2.24) is 4.90 Å². The van der Waals surface area contributed by atoms with Crippen molar-refractivity contribution in [2.75, 3.05) is 0 Å². The number of hydrogen-bond acceptors (Lipinski definition) is 2. The van der Waals surface area contributed by atoms with Crippen LogP contribution in [-0.2, 0) is 11.3 Å². The van der Waals surface area contributed by atoms with E-state index in [0.29, 0.717) is 30.9 Å². The van der Waals surface area contributed by atoms with Gasteiger partial charge < -0.3 is 4.90 Å². The third-order valence-electron chi connectivity index (χ3n) is 6.41. The molecule has 0 bridgehead atoms. The van der Waals surface area contributed by atoms with Gasteiger partial charge in [0.05, 0.1) is 5.54 Å². The van der Waals surface area contributed by atoms with Crippen LogP contribution in [-0.4, -0.2) is 22.1 Å². The van der Waals surface area contributed by atoms with E-state index in [4.69, 9.17) is 0 Å². The molecule has 1 unspecified atom stereocenters. The fourth-order valence-corrected chi connectivity index (χ4v) is 4.75. The van der Waals surface area contributed by atoms with E-state index in [0.717, 1.165) is 48.8 Å². The summed E-state index contributed by atoms with van der Waals surface area (Å²) in [4.78, 5) is 27.4. The highest BCUT2D eigenvalue weighted by Gasteiger charge is 2.47. The third kappa shape index (κ3) is 2.54. The molecule has 132 valence electrons. The molecule has 2 saturated carbocycles. The number of Topliss-reactive ketones (excluding diaryl/α,β-unsaturated/α-hetero) is 1. The Morgan fingerprint density at radius 3 is 2.64 bits per heavy atom. The van der Waals surface area contributed by atoms with E-state index in [-0.39, 0.29) is 17.5 Å². The van der Waals surface area contributed by atoms with Crippen LogP contribution < -0.4 is 0 Å². The van der Waals surface area contributed by atoms with Gasteiger partial charge in [-0.15, -0.1) is 0 Å². The molecule has 4 rings (SSSR count). The van der Waals surface area contributed by atoms with Crippen molar-refractivity contribution >= 4 is 11.7 Å². The van der Waals surface area contributed by atoms with Crippen molar-refractivity contribution in [2.45, 2.75) is 69.9 Å². The Kier molecular flexibility index (Phi) is 3.82. The second kappa shape index (κ2) is 5.79. The molecule has 3 nitrogen and oxygen atoms in total. The highest BCUT2D eigenvalue weighted by molar-refractivity contribution is 6.03. The minimum absolute atomic E-state index is 0.0489. The summed E-state index contributed by atoms with van der Waals surface area (Å²) in [5.74, 6) is -0.152. The molecule has 1 aromatic rings. The van der Waals surface area contributed by atoms with Crippen LogP contribution in [0.4, 0.5) is 4.39 Å². The lowest BCUT2D eigenvalue weighted by atomic mass is 9.78. The number of amides is 1. The van der Waals surface area contributed by atoms with Crippen molar-refractivity contribution < 1.29 is 14.0 Å². The molecule has 1 aliphatic heterocycles. The number of hydrogen-bond donors (Lipinski definition) is 0. The van der Waals surface area contributed by atoms with Crippen LogP contribution in [0.1, 0.15) is 79.3 Å². The predicted octanol–water partition coefficient (Wildman–Crippen LogP) is 4.51. The van der Waals surface area contributed by atoms with Crippen molar-refractivity contribution in [3.05, 3.63) is 46.8 Å². The van der Waals surface area contributed by atoms with Gasteiger partial charge in [-0.2, -0.15) is 0 Å². The number of nitrogens with zero attached hydrogens (tertiary/aromatic N) is 1. The van der Waals surface area contributed by atoms with Gasteiger partial charge in [0.1, 0.15) is 5.82 Å². The van der Waals surface area contributed by atoms with Crippen LogP contribution in [0.2, 0.25) is 0 Å². The molecule has 1 aromatic carbocycles. The van der Waals surface area contributed by atoms with Gasteiger partial charge in [-0.1, -0.05) is 25.0 Å². The summed E-state index contributed by atoms with van der Waals surface area (Å²) < 4.78 is 14.2. The molecule has 1 amide bonds. The number of benzene rings is 1. The summed E-state index contributed by atoms with van der Waals surface area (Å²) in [7, 11) is 0. The van der Waals surface area contributed by atoms with E-state index >= 15 is 0 Å². The molecule has 0 spiro atoms. The zero-order valence-corrected chi connectivity index (χ0v) is 14.7. The average molecular weight is 341 g/mol. The van der Waals surface area contributed by atoms with Crippen LogP contribution in [0.25, 0.3) is 0 Å².